The number of methoxy groups -OCH3 is 2. The molecule has 1 aliphatic rings. The summed E-state index contributed by atoms with van der Waals surface area (Å²) in [6.45, 7) is 7.20. The lowest BCUT2D eigenvalue weighted by Crippen LogP contribution is -2.44. The van der Waals surface area contributed by atoms with Crippen LogP contribution in [0.15, 0.2) is 23.2 Å². The quantitative estimate of drug-likeness (QED) is 0.839. The largest absolute Gasteiger partial charge is 0.493 e. The Morgan fingerprint density at radius 1 is 1.17 bits per heavy atom. The molecule has 0 fully saturated rings. The summed E-state index contributed by atoms with van der Waals surface area (Å²) >= 11 is 0. The molecule has 0 aliphatic carbocycles. The molecule has 0 bridgehead atoms. The van der Waals surface area contributed by atoms with Gasteiger partial charge in [0.15, 0.2) is 17.5 Å². The Hall–Kier alpha value is -1.91. The summed E-state index contributed by atoms with van der Waals surface area (Å²) in [4.78, 5) is 6.70. The predicted molar refractivity (Wildman–Crippen MR) is 94.7 cm³/mol. The van der Waals surface area contributed by atoms with Crippen molar-refractivity contribution in [1.82, 2.24) is 10.2 Å². The molecule has 0 aromatic heterocycles. The van der Waals surface area contributed by atoms with Gasteiger partial charge < -0.3 is 19.7 Å². The molecule has 2 rings (SSSR count). The number of nitrogens with zero attached hydrogens (tertiary/aromatic N) is 2. The lowest BCUT2D eigenvalue weighted by molar-refractivity contribution is 0.348. The Balaban J connectivity index is 2.25. The highest BCUT2D eigenvalue weighted by Gasteiger charge is 2.30. The first-order valence-corrected chi connectivity index (χ1v) is 8.32. The summed E-state index contributed by atoms with van der Waals surface area (Å²) in [5.74, 6) is 2.55. The van der Waals surface area contributed by atoms with Crippen LogP contribution in [-0.2, 0) is 5.41 Å². The maximum atomic E-state index is 5.48. The summed E-state index contributed by atoms with van der Waals surface area (Å²) in [6.07, 6.45) is 2.09. The number of rotatable bonds is 7. The van der Waals surface area contributed by atoms with E-state index in [9.17, 15) is 0 Å². The van der Waals surface area contributed by atoms with E-state index in [0.717, 1.165) is 49.9 Å². The van der Waals surface area contributed by atoms with E-state index < -0.39 is 0 Å². The van der Waals surface area contributed by atoms with Crippen LogP contribution in [0.5, 0.6) is 11.5 Å². The van der Waals surface area contributed by atoms with Crippen LogP contribution in [0.25, 0.3) is 0 Å². The second-order valence-corrected chi connectivity index (χ2v) is 6.04. The number of nitrogens with one attached hydrogen (secondary N) is 1. The molecule has 1 heterocycles. The minimum atomic E-state index is 0.0471. The number of likely N-dealkylation sites (N-methyl/N-ethyl adjacent to an activating group) is 1. The molecule has 5 nitrogen and oxygen atoms in total. The van der Waals surface area contributed by atoms with E-state index in [4.69, 9.17) is 9.47 Å². The summed E-state index contributed by atoms with van der Waals surface area (Å²) in [5.41, 5.74) is 1.32. The fourth-order valence-corrected chi connectivity index (χ4v) is 3.15. The molecule has 0 unspecified atom stereocenters. The number of guanidine groups is 1. The Labute approximate surface area is 139 Å². The second-order valence-electron chi connectivity index (χ2n) is 6.04. The molecule has 1 N–H and O–H groups in total. The number of hydrogen-bond donors (Lipinski definition) is 1. The minimum absolute atomic E-state index is 0.0471. The molecule has 1 aromatic rings. The molecule has 0 saturated carbocycles. The normalized spacial score (nSPS) is 14.7. The van der Waals surface area contributed by atoms with Crippen LogP contribution in [0.4, 0.5) is 0 Å². The van der Waals surface area contributed by atoms with Gasteiger partial charge in [0.2, 0.25) is 0 Å². The molecule has 5 heteroatoms. The van der Waals surface area contributed by atoms with Gasteiger partial charge in [-0.15, -0.1) is 0 Å². The number of aliphatic imine (C=N–C) groups is 1. The molecule has 23 heavy (non-hydrogen) atoms. The zero-order valence-electron chi connectivity index (χ0n) is 15.0. The fraction of sp³-hybridized carbons (Fsp3) is 0.611. The van der Waals surface area contributed by atoms with Gasteiger partial charge in [-0.2, -0.15) is 0 Å². The van der Waals surface area contributed by atoms with Gasteiger partial charge in [-0.3, -0.25) is 4.99 Å². The maximum Gasteiger partial charge on any atom is 0.193 e. The maximum absolute atomic E-state index is 5.48. The molecular formula is C18H29N3O2. The molecule has 0 saturated heterocycles. The molecule has 0 spiro atoms. The van der Waals surface area contributed by atoms with Crippen molar-refractivity contribution >= 4 is 5.96 Å². The third-order valence-electron chi connectivity index (χ3n) is 4.99. The van der Waals surface area contributed by atoms with Crippen molar-refractivity contribution in [3.8, 4) is 11.5 Å². The van der Waals surface area contributed by atoms with Gasteiger partial charge in [0.25, 0.3) is 0 Å². The van der Waals surface area contributed by atoms with E-state index >= 15 is 0 Å². The van der Waals surface area contributed by atoms with Gasteiger partial charge in [0.05, 0.1) is 20.8 Å². The minimum Gasteiger partial charge on any atom is -0.493 e. The van der Waals surface area contributed by atoms with E-state index in [1.165, 1.54) is 5.56 Å². The highest BCUT2D eigenvalue weighted by molar-refractivity contribution is 5.81. The van der Waals surface area contributed by atoms with Crippen molar-refractivity contribution in [2.45, 2.75) is 32.1 Å². The van der Waals surface area contributed by atoms with Crippen molar-refractivity contribution in [3.63, 3.8) is 0 Å². The first-order valence-electron chi connectivity index (χ1n) is 8.32. The second kappa shape index (κ2) is 7.57. The lowest BCUT2D eigenvalue weighted by atomic mass is 9.75. The topological polar surface area (TPSA) is 46.1 Å². The van der Waals surface area contributed by atoms with Crippen LogP contribution in [0.3, 0.4) is 0 Å². The van der Waals surface area contributed by atoms with Gasteiger partial charge >= 0.3 is 0 Å². The van der Waals surface area contributed by atoms with E-state index in [0.29, 0.717) is 0 Å². The van der Waals surface area contributed by atoms with Crippen LogP contribution in [-0.4, -0.2) is 51.8 Å². The van der Waals surface area contributed by atoms with Gasteiger partial charge in [-0.05, 0) is 30.5 Å². The predicted octanol–water partition coefficient (Wildman–Crippen LogP) is 2.65. The van der Waals surface area contributed by atoms with Crippen LogP contribution in [0.2, 0.25) is 0 Å². The van der Waals surface area contributed by atoms with E-state index in [1.807, 2.05) is 6.07 Å². The van der Waals surface area contributed by atoms with E-state index in [-0.39, 0.29) is 5.41 Å². The zero-order valence-corrected chi connectivity index (χ0v) is 15.0. The van der Waals surface area contributed by atoms with Gasteiger partial charge in [0, 0.05) is 25.6 Å². The standard InChI is InChI=1S/C18H29N3O2/c1-6-18(7-2,13-20-17-19-10-11-21(17)3)14-8-9-15(22-4)16(12-14)23-5/h8-9,12H,6-7,10-11,13H2,1-5H3,(H,19,20). The monoisotopic (exact) mass is 319 g/mol. The van der Waals surface area contributed by atoms with E-state index in [1.54, 1.807) is 14.2 Å². The van der Waals surface area contributed by atoms with Gasteiger partial charge in [-0.1, -0.05) is 19.9 Å². The van der Waals surface area contributed by atoms with Crippen molar-refractivity contribution in [2.75, 3.05) is 40.9 Å². The number of hydrogen-bond acceptors (Lipinski definition) is 5. The van der Waals surface area contributed by atoms with Crippen molar-refractivity contribution in [2.24, 2.45) is 4.99 Å². The summed E-state index contributed by atoms with van der Waals surface area (Å²) < 4.78 is 10.8. The molecule has 0 atom stereocenters. The molecule has 0 amide bonds. The van der Waals surface area contributed by atoms with E-state index in [2.05, 4.69) is 48.2 Å². The fourth-order valence-electron chi connectivity index (χ4n) is 3.15. The summed E-state index contributed by atoms with van der Waals surface area (Å²) in [7, 11) is 5.43. The Kier molecular flexibility index (Phi) is 5.74. The van der Waals surface area contributed by atoms with Crippen LogP contribution in [0.1, 0.15) is 32.3 Å². The third-order valence-corrected chi connectivity index (χ3v) is 4.99. The third kappa shape index (κ3) is 3.54. The Bertz CT molecular complexity index is 553. The van der Waals surface area contributed by atoms with Crippen molar-refractivity contribution in [3.05, 3.63) is 23.8 Å². The summed E-state index contributed by atoms with van der Waals surface area (Å²) in [5, 5.41) is 3.54. The first kappa shape index (κ1) is 17.4. The molecule has 1 aliphatic heterocycles. The van der Waals surface area contributed by atoms with Crippen LogP contribution >= 0.6 is 0 Å². The molecular weight excluding hydrogens is 290 g/mol. The van der Waals surface area contributed by atoms with Crippen LogP contribution < -0.4 is 14.8 Å². The summed E-state index contributed by atoms with van der Waals surface area (Å²) in [6, 6.07) is 6.25. The Morgan fingerprint density at radius 3 is 2.39 bits per heavy atom. The average molecular weight is 319 g/mol. The number of benzene rings is 1. The molecule has 1 aromatic carbocycles. The van der Waals surface area contributed by atoms with Crippen molar-refractivity contribution in [1.29, 1.82) is 0 Å². The highest BCUT2D eigenvalue weighted by Crippen LogP contribution is 2.37. The first-order chi connectivity index (χ1) is 11.1. The Morgan fingerprint density at radius 2 is 1.87 bits per heavy atom. The van der Waals surface area contributed by atoms with Crippen LogP contribution in [0, 0.1) is 0 Å². The van der Waals surface area contributed by atoms with Gasteiger partial charge in [0.1, 0.15) is 0 Å². The molecule has 128 valence electrons. The number of ether oxygens (including phenoxy) is 2. The van der Waals surface area contributed by atoms with Crippen molar-refractivity contribution < 1.29 is 9.47 Å². The van der Waals surface area contributed by atoms with Gasteiger partial charge in [-0.25, -0.2) is 0 Å². The average Bonchev–Trinajstić information content (AvgIpc) is 3.01. The smallest absolute Gasteiger partial charge is 0.193 e. The highest BCUT2D eigenvalue weighted by atomic mass is 16.5. The molecule has 0 radical (unpaired) electrons. The SMILES string of the molecule is CCC(CC)(CNC1=NCCN1C)c1ccc(OC)c(OC)c1. The lowest BCUT2D eigenvalue weighted by Gasteiger charge is -2.34. The zero-order chi connectivity index (χ0) is 16.9.